The lowest BCUT2D eigenvalue weighted by Crippen LogP contribution is -2.20. The Morgan fingerprint density at radius 3 is 2.41 bits per heavy atom. The summed E-state index contributed by atoms with van der Waals surface area (Å²) in [5.74, 6) is 0.0931. The molecule has 1 aromatic heterocycles. The van der Waals surface area contributed by atoms with E-state index in [1.54, 1.807) is 0 Å². The summed E-state index contributed by atoms with van der Waals surface area (Å²) in [4.78, 5) is 13.7. The molecule has 7 nitrogen and oxygen atoms in total. The lowest BCUT2D eigenvalue weighted by atomic mass is 10.5. The second-order valence-corrected chi connectivity index (χ2v) is 4.08. The molecule has 0 aliphatic carbocycles. The summed E-state index contributed by atoms with van der Waals surface area (Å²) in [6, 6.07) is 0.377. The molecule has 0 aliphatic heterocycles. The molecule has 7 heteroatoms. The van der Waals surface area contributed by atoms with Crippen molar-refractivity contribution in [3.05, 3.63) is 0 Å². The van der Waals surface area contributed by atoms with Crippen molar-refractivity contribution in [3.63, 3.8) is 0 Å². The first-order chi connectivity index (χ1) is 7.97. The van der Waals surface area contributed by atoms with Gasteiger partial charge in [-0.1, -0.05) is 0 Å². The van der Waals surface area contributed by atoms with E-state index in [2.05, 4.69) is 15.0 Å². The van der Waals surface area contributed by atoms with Crippen molar-refractivity contribution in [3.8, 4) is 12.0 Å². The Labute approximate surface area is 101 Å². The van der Waals surface area contributed by atoms with Crippen LogP contribution in [0, 0.1) is 0 Å². The molecule has 0 amide bonds. The number of likely N-dealkylation sites (N-methyl/N-ethyl adjacent to an activating group) is 1. The fourth-order valence-corrected chi connectivity index (χ4v) is 1.00. The lowest BCUT2D eigenvalue weighted by molar-refractivity contribution is 0.208. The van der Waals surface area contributed by atoms with Crippen LogP contribution in [0.3, 0.4) is 0 Å². The summed E-state index contributed by atoms with van der Waals surface area (Å²) < 4.78 is 10.7. The van der Waals surface area contributed by atoms with Crippen molar-refractivity contribution in [2.24, 2.45) is 0 Å². The minimum absolute atomic E-state index is 0.0218. The molecule has 0 saturated carbocycles. The van der Waals surface area contributed by atoms with Crippen LogP contribution >= 0.6 is 0 Å². The summed E-state index contributed by atoms with van der Waals surface area (Å²) in [6.45, 7) is 5.02. The molecule has 1 heterocycles. The summed E-state index contributed by atoms with van der Waals surface area (Å²) in [5.41, 5.74) is 5.53. The molecule has 17 heavy (non-hydrogen) atoms. The second-order valence-electron chi connectivity index (χ2n) is 4.08. The Kier molecular flexibility index (Phi) is 4.89. The average molecular weight is 241 g/mol. The molecule has 0 saturated heterocycles. The monoisotopic (exact) mass is 241 g/mol. The zero-order valence-corrected chi connectivity index (χ0v) is 10.7. The van der Waals surface area contributed by atoms with Gasteiger partial charge in [0.2, 0.25) is 5.95 Å². The summed E-state index contributed by atoms with van der Waals surface area (Å²) in [6.07, 6.45) is -0.0218. The number of ether oxygens (including phenoxy) is 2. The van der Waals surface area contributed by atoms with E-state index in [0.29, 0.717) is 6.61 Å². The third kappa shape index (κ3) is 5.30. The summed E-state index contributed by atoms with van der Waals surface area (Å²) in [5, 5.41) is 0. The quantitative estimate of drug-likeness (QED) is 0.760. The van der Waals surface area contributed by atoms with E-state index in [4.69, 9.17) is 15.2 Å². The maximum atomic E-state index is 5.53. The zero-order chi connectivity index (χ0) is 12.8. The number of nitrogens with zero attached hydrogens (tertiary/aromatic N) is 4. The fourth-order valence-electron chi connectivity index (χ4n) is 1.00. The predicted molar refractivity (Wildman–Crippen MR) is 64.1 cm³/mol. The van der Waals surface area contributed by atoms with Gasteiger partial charge >= 0.3 is 12.0 Å². The van der Waals surface area contributed by atoms with Crippen molar-refractivity contribution >= 4 is 5.95 Å². The van der Waals surface area contributed by atoms with Gasteiger partial charge in [0.05, 0.1) is 6.10 Å². The minimum Gasteiger partial charge on any atom is -0.462 e. The van der Waals surface area contributed by atoms with E-state index in [9.17, 15) is 0 Å². The molecule has 0 radical (unpaired) electrons. The second kappa shape index (κ2) is 6.19. The Morgan fingerprint density at radius 1 is 1.18 bits per heavy atom. The maximum absolute atomic E-state index is 5.53. The number of anilines is 1. The molecule has 0 bridgehead atoms. The highest BCUT2D eigenvalue weighted by molar-refractivity contribution is 5.20. The van der Waals surface area contributed by atoms with Gasteiger partial charge in [-0.25, -0.2) is 0 Å². The van der Waals surface area contributed by atoms with E-state index in [0.717, 1.165) is 6.54 Å². The van der Waals surface area contributed by atoms with Crippen LogP contribution in [0.15, 0.2) is 0 Å². The van der Waals surface area contributed by atoms with Gasteiger partial charge in [-0.3, -0.25) is 0 Å². The van der Waals surface area contributed by atoms with Crippen LogP contribution in [0.1, 0.15) is 13.8 Å². The molecule has 0 fully saturated rings. The van der Waals surface area contributed by atoms with E-state index in [-0.39, 0.29) is 24.1 Å². The zero-order valence-electron chi connectivity index (χ0n) is 10.7. The number of hydrogen-bond donors (Lipinski definition) is 1. The highest BCUT2D eigenvalue weighted by atomic mass is 16.5. The van der Waals surface area contributed by atoms with Crippen LogP contribution in [0.5, 0.6) is 12.0 Å². The fraction of sp³-hybridized carbons (Fsp3) is 0.700. The topological polar surface area (TPSA) is 86.4 Å². The summed E-state index contributed by atoms with van der Waals surface area (Å²) >= 11 is 0. The molecule has 0 aliphatic rings. The molecule has 96 valence electrons. The number of nitrogen functional groups attached to an aromatic ring is 1. The molecular formula is C10H19N5O2. The lowest BCUT2D eigenvalue weighted by Gasteiger charge is -2.11. The molecular weight excluding hydrogens is 222 g/mol. The number of nitrogens with two attached hydrogens (primary N) is 1. The average Bonchev–Trinajstić information content (AvgIpc) is 2.14. The molecule has 1 rings (SSSR count). The Morgan fingerprint density at radius 2 is 1.82 bits per heavy atom. The van der Waals surface area contributed by atoms with Crippen molar-refractivity contribution in [2.45, 2.75) is 20.0 Å². The first-order valence-electron chi connectivity index (χ1n) is 5.43. The van der Waals surface area contributed by atoms with Crippen molar-refractivity contribution < 1.29 is 9.47 Å². The van der Waals surface area contributed by atoms with Crippen LogP contribution in [0.25, 0.3) is 0 Å². The standard InChI is InChI=1S/C10H19N5O2/c1-7(2)17-10-13-8(11)12-9(14-10)16-6-5-15(3)4/h7H,5-6H2,1-4H3,(H2,11,12,13,14). The van der Waals surface area contributed by atoms with Gasteiger partial charge in [0.25, 0.3) is 0 Å². The van der Waals surface area contributed by atoms with Crippen molar-refractivity contribution in [1.82, 2.24) is 19.9 Å². The van der Waals surface area contributed by atoms with Gasteiger partial charge in [0.15, 0.2) is 0 Å². The summed E-state index contributed by atoms with van der Waals surface area (Å²) in [7, 11) is 3.91. The Hall–Kier alpha value is -1.63. The van der Waals surface area contributed by atoms with Crippen molar-refractivity contribution in [1.29, 1.82) is 0 Å². The van der Waals surface area contributed by atoms with E-state index < -0.39 is 0 Å². The van der Waals surface area contributed by atoms with Crippen LogP contribution in [0.2, 0.25) is 0 Å². The van der Waals surface area contributed by atoms with Gasteiger partial charge in [-0.15, -0.1) is 4.98 Å². The molecule has 0 unspecified atom stereocenters. The highest BCUT2D eigenvalue weighted by Crippen LogP contribution is 2.11. The predicted octanol–water partition coefficient (Wildman–Crippen LogP) is 0.181. The van der Waals surface area contributed by atoms with E-state index in [1.165, 1.54) is 0 Å². The van der Waals surface area contributed by atoms with Gasteiger partial charge < -0.3 is 20.1 Å². The maximum Gasteiger partial charge on any atom is 0.324 e. The SMILES string of the molecule is CC(C)Oc1nc(N)nc(OCCN(C)C)n1. The van der Waals surface area contributed by atoms with Gasteiger partial charge in [0.1, 0.15) is 6.61 Å². The molecule has 2 N–H and O–H groups in total. The van der Waals surface area contributed by atoms with Crippen LogP contribution in [-0.4, -0.2) is 53.2 Å². The minimum atomic E-state index is -0.0218. The molecule has 1 aromatic rings. The number of rotatable bonds is 6. The Bertz CT molecular complexity index is 357. The van der Waals surface area contributed by atoms with E-state index in [1.807, 2.05) is 32.8 Å². The van der Waals surface area contributed by atoms with E-state index >= 15 is 0 Å². The highest BCUT2D eigenvalue weighted by Gasteiger charge is 2.08. The largest absolute Gasteiger partial charge is 0.462 e. The van der Waals surface area contributed by atoms with Gasteiger partial charge in [0, 0.05) is 6.54 Å². The molecule has 0 spiro atoms. The van der Waals surface area contributed by atoms with Gasteiger partial charge in [-0.2, -0.15) is 9.97 Å². The third-order valence-electron chi connectivity index (χ3n) is 1.72. The van der Waals surface area contributed by atoms with Crippen molar-refractivity contribution in [2.75, 3.05) is 33.0 Å². The molecule has 0 aromatic carbocycles. The normalized spacial score (nSPS) is 10.9. The van der Waals surface area contributed by atoms with Crippen LogP contribution < -0.4 is 15.2 Å². The van der Waals surface area contributed by atoms with Crippen LogP contribution in [0.4, 0.5) is 5.95 Å². The first-order valence-corrected chi connectivity index (χ1v) is 5.43. The smallest absolute Gasteiger partial charge is 0.324 e. The third-order valence-corrected chi connectivity index (χ3v) is 1.72. The van der Waals surface area contributed by atoms with Crippen LogP contribution in [-0.2, 0) is 0 Å². The molecule has 0 atom stereocenters. The van der Waals surface area contributed by atoms with Gasteiger partial charge in [-0.05, 0) is 27.9 Å². The number of aromatic nitrogens is 3. The Balaban J connectivity index is 2.62. The first kappa shape index (κ1) is 13.4. The number of hydrogen-bond acceptors (Lipinski definition) is 7.